The van der Waals surface area contributed by atoms with Gasteiger partial charge in [-0.3, -0.25) is 0 Å². The first-order valence-corrected chi connectivity index (χ1v) is 9.99. The van der Waals surface area contributed by atoms with E-state index in [4.69, 9.17) is 4.42 Å². The summed E-state index contributed by atoms with van der Waals surface area (Å²) in [5.74, 6) is 0.835. The molecule has 2 aromatic carbocycles. The smallest absolute Gasteiger partial charge is 0.135 e. The fourth-order valence-electron chi connectivity index (χ4n) is 3.84. The van der Waals surface area contributed by atoms with Gasteiger partial charge in [0.15, 0.2) is 0 Å². The van der Waals surface area contributed by atoms with E-state index in [9.17, 15) is 8.60 Å². The van der Waals surface area contributed by atoms with Crippen LogP contribution in [0.4, 0.5) is 4.39 Å². The van der Waals surface area contributed by atoms with Crippen LogP contribution in [-0.4, -0.2) is 4.21 Å². The third-order valence-electron chi connectivity index (χ3n) is 5.10. The van der Waals surface area contributed by atoms with Crippen LogP contribution in [0.2, 0.25) is 0 Å². The molecule has 0 N–H and O–H groups in total. The SMILES string of the molecule is Cc1oc2ccc(C3CCCCC3)cc2c1[S@](=O)c1cccc(F)c1. The Morgan fingerprint density at radius 2 is 1.88 bits per heavy atom. The van der Waals surface area contributed by atoms with Gasteiger partial charge in [-0.15, -0.1) is 0 Å². The highest BCUT2D eigenvalue weighted by Crippen LogP contribution is 2.37. The molecule has 0 bridgehead atoms. The third-order valence-corrected chi connectivity index (χ3v) is 6.66. The average Bonchev–Trinajstić information content (AvgIpc) is 2.96. The molecule has 1 aliphatic rings. The molecule has 0 amide bonds. The molecule has 25 heavy (non-hydrogen) atoms. The van der Waals surface area contributed by atoms with Crippen LogP contribution < -0.4 is 0 Å². The van der Waals surface area contributed by atoms with Crippen LogP contribution in [0.3, 0.4) is 0 Å². The standard InChI is InChI=1S/C21H21FO2S/c1-14-21(25(23)18-9-5-8-17(22)13-18)19-12-16(10-11-20(19)24-14)15-6-3-2-4-7-15/h5,8-13,15H,2-4,6-7H2,1H3/t25-/m1/s1. The number of hydrogen-bond acceptors (Lipinski definition) is 2. The van der Waals surface area contributed by atoms with E-state index in [2.05, 4.69) is 12.1 Å². The second-order valence-corrected chi connectivity index (χ2v) is 8.22. The largest absolute Gasteiger partial charge is 0.460 e. The number of halogens is 1. The molecule has 3 aromatic rings. The number of furan rings is 1. The molecule has 1 fully saturated rings. The molecule has 130 valence electrons. The summed E-state index contributed by atoms with van der Waals surface area (Å²) in [6.07, 6.45) is 6.29. The molecule has 2 nitrogen and oxygen atoms in total. The lowest BCUT2D eigenvalue weighted by atomic mass is 9.84. The lowest BCUT2D eigenvalue weighted by molar-refractivity contribution is 0.444. The molecule has 1 aliphatic carbocycles. The van der Waals surface area contributed by atoms with Gasteiger partial charge in [-0.25, -0.2) is 8.60 Å². The molecule has 0 saturated heterocycles. The van der Waals surface area contributed by atoms with Crippen LogP contribution in [0.15, 0.2) is 56.7 Å². The maximum absolute atomic E-state index is 13.5. The molecule has 4 rings (SSSR count). The maximum atomic E-state index is 13.5. The van der Waals surface area contributed by atoms with Gasteiger partial charge in [0, 0.05) is 10.3 Å². The quantitative estimate of drug-likeness (QED) is 0.568. The van der Waals surface area contributed by atoms with Crippen LogP contribution in [0.25, 0.3) is 11.0 Å². The van der Waals surface area contributed by atoms with Gasteiger partial charge in [0.05, 0.1) is 15.7 Å². The third kappa shape index (κ3) is 3.15. The van der Waals surface area contributed by atoms with Crippen molar-refractivity contribution in [3.8, 4) is 0 Å². The summed E-state index contributed by atoms with van der Waals surface area (Å²) < 4.78 is 32.4. The van der Waals surface area contributed by atoms with E-state index in [1.807, 2.05) is 13.0 Å². The van der Waals surface area contributed by atoms with Gasteiger partial charge in [-0.05, 0) is 61.6 Å². The molecule has 1 aromatic heterocycles. The number of hydrogen-bond donors (Lipinski definition) is 0. The van der Waals surface area contributed by atoms with Gasteiger partial charge >= 0.3 is 0 Å². The summed E-state index contributed by atoms with van der Waals surface area (Å²) >= 11 is 0. The van der Waals surface area contributed by atoms with Crippen molar-refractivity contribution >= 4 is 21.8 Å². The number of rotatable bonds is 3. The Labute approximate surface area is 149 Å². The highest BCUT2D eigenvalue weighted by molar-refractivity contribution is 7.85. The van der Waals surface area contributed by atoms with Gasteiger partial charge in [-0.1, -0.05) is 31.4 Å². The highest BCUT2D eigenvalue weighted by Gasteiger charge is 2.21. The first-order chi connectivity index (χ1) is 12.1. The second kappa shape index (κ2) is 6.75. The van der Waals surface area contributed by atoms with E-state index in [1.54, 1.807) is 12.1 Å². The zero-order valence-electron chi connectivity index (χ0n) is 14.3. The summed E-state index contributed by atoms with van der Waals surface area (Å²) in [4.78, 5) is 1.13. The Hall–Kier alpha value is -1.94. The summed E-state index contributed by atoms with van der Waals surface area (Å²) in [6, 6.07) is 12.2. The molecule has 4 heteroatoms. The van der Waals surface area contributed by atoms with Crippen molar-refractivity contribution in [2.24, 2.45) is 0 Å². The van der Waals surface area contributed by atoms with Crippen LogP contribution in [0.5, 0.6) is 0 Å². The van der Waals surface area contributed by atoms with Crippen molar-refractivity contribution in [2.75, 3.05) is 0 Å². The summed E-state index contributed by atoms with van der Waals surface area (Å²) in [5, 5.41) is 0.892. The topological polar surface area (TPSA) is 30.2 Å². The minimum atomic E-state index is -1.46. The summed E-state index contributed by atoms with van der Waals surface area (Å²) in [5.41, 5.74) is 2.04. The summed E-state index contributed by atoms with van der Waals surface area (Å²) in [7, 11) is -1.46. The molecule has 1 saturated carbocycles. The van der Waals surface area contributed by atoms with E-state index < -0.39 is 10.8 Å². The van der Waals surface area contributed by atoms with Gasteiger partial charge < -0.3 is 4.42 Å². The predicted octanol–water partition coefficient (Wildman–Crippen LogP) is 6.09. The first-order valence-electron chi connectivity index (χ1n) is 8.84. The maximum Gasteiger partial charge on any atom is 0.135 e. The van der Waals surface area contributed by atoms with Crippen molar-refractivity contribution < 1.29 is 13.0 Å². The van der Waals surface area contributed by atoms with E-state index in [0.717, 1.165) is 11.0 Å². The number of fused-ring (bicyclic) bond motifs is 1. The minimum Gasteiger partial charge on any atom is -0.460 e. The Bertz CT molecular complexity index is 938. The van der Waals surface area contributed by atoms with Gasteiger partial charge in [0.25, 0.3) is 0 Å². The van der Waals surface area contributed by atoms with E-state index >= 15 is 0 Å². The van der Waals surface area contributed by atoms with E-state index in [0.29, 0.717) is 21.5 Å². The van der Waals surface area contributed by atoms with Gasteiger partial charge in [-0.2, -0.15) is 0 Å². The van der Waals surface area contributed by atoms with Crippen molar-refractivity contribution in [3.63, 3.8) is 0 Å². The lowest BCUT2D eigenvalue weighted by Crippen LogP contribution is -2.04. The average molecular weight is 356 g/mol. The molecule has 0 spiro atoms. The highest BCUT2D eigenvalue weighted by atomic mass is 32.2. The van der Waals surface area contributed by atoms with Crippen LogP contribution in [-0.2, 0) is 10.8 Å². The zero-order valence-corrected chi connectivity index (χ0v) is 15.1. The predicted molar refractivity (Wildman–Crippen MR) is 97.9 cm³/mol. The van der Waals surface area contributed by atoms with Crippen molar-refractivity contribution in [1.29, 1.82) is 0 Å². The first kappa shape index (κ1) is 16.5. The van der Waals surface area contributed by atoms with Crippen molar-refractivity contribution in [1.82, 2.24) is 0 Å². The fraction of sp³-hybridized carbons (Fsp3) is 0.333. The Morgan fingerprint density at radius 3 is 2.64 bits per heavy atom. The summed E-state index contributed by atoms with van der Waals surface area (Å²) in [6.45, 7) is 1.83. The number of benzene rings is 2. The molecular weight excluding hydrogens is 335 g/mol. The fourth-order valence-corrected chi connectivity index (χ4v) is 5.15. The van der Waals surface area contributed by atoms with E-state index in [1.165, 1.54) is 49.8 Å². The second-order valence-electron chi connectivity index (χ2n) is 6.80. The Balaban J connectivity index is 1.79. The van der Waals surface area contributed by atoms with Crippen LogP contribution in [0, 0.1) is 12.7 Å². The Morgan fingerprint density at radius 1 is 1.08 bits per heavy atom. The molecule has 1 heterocycles. The van der Waals surface area contributed by atoms with Crippen molar-refractivity contribution in [3.05, 3.63) is 59.6 Å². The van der Waals surface area contributed by atoms with Crippen LogP contribution in [0.1, 0.15) is 49.3 Å². The molecular formula is C21H21FO2S. The Kier molecular flexibility index (Phi) is 4.46. The van der Waals surface area contributed by atoms with Gasteiger partial charge in [0.1, 0.15) is 17.2 Å². The zero-order chi connectivity index (χ0) is 17.4. The van der Waals surface area contributed by atoms with Gasteiger partial charge in [0.2, 0.25) is 0 Å². The van der Waals surface area contributed by atoms with Crippen molar-refractivity contribution in [2.45, 2.75) is 54.7 Å². The molecule has 1 atom stereocenters. The van der Waals surface area contributed by atoms with Crippen LogP contribution >= 0.6 is 0 Å². The minimum absolute atomic E-state index is 0.376. The molecule has 0 radical (unpaired) electrons. The number of aryl methyl sites for hydroxylation is 1. The van der Waals surface area contributed by atoms with E-state index in [-0.39, 0.29) is 5.82 Å². The lowest BCUT2D eigenvalue weighted by Gasteiger charge is -2.21. The molecule has 0 aliphatic heterocycles. The monoisotopic (exact) mass is 356 g/mol. The normalized spacial score (nSPS) is 17.0. The molecule has 0 unspecified atom stereocenters.